The van der Waals surface area contributed by atoms with Crippen molar-refractivity contribution >= 4 is 12.4 Å². The van der Waals surface area contributed by atoms with Crippen LogP contribution in [0.5, 0.6) is 11.5 Å². The fourth-order valence-corrected chi connectivity index (χ4v) is 0.847. The van der Waals surface area contributed by atoms with Gasteiger partial charge in [-0.05, 0) is 24.3 Å². The molecule has 0 aliphatic carbocycles. The van der Waals surface area contributed by atoms with Crippen molar-refractivity contribution in [2.75, 3.05) is 0 Å². The minimum Gasteiger partial charge on any atom is -0.507 e. The maximum absolute atomic E-state index is 9.95. The molecule has 62 valence electrons. The zero-order valence-corrected chi connectivity index (χ0v) is 6.27. The minimum absolute atomic E-state index is 0.0481. The maximum atomic E-state index is 9.95. The van der Waals surface area contributed by atoms with Crippen LogP contribution in [0.2, 0.25) is 0 Å². The molecule has 0 unspecified atom stereocenters. The minimum atomic E-state index is -0.0481. The summed E-state index contributed by atoms with van der Waals surface area (Å²) < 4.78 is 0. The van der Waals surface area contributed by atoms with Crippen LogP contribution < -0.4 is 0 Å². The van der Waals surface area contributed by atoms with Gasteiger partial charge in [-0.3, -0.25) is 4.79 Å². The molecule has 1 rings (SSSR count). The highest BCUT2D eigenvalue weighted by molar-refractivity contribution is 5.77. The normalized spacial score (nSPS) is 10.3. The van der Waals surface area contributed by atoms with Gasteiger partial charge in [0.15, 0.2) is 0 Å². The maximum Gasteiger partial charge on any atom is 0.142 e. The van der Waals surface area contributed by atoms with Gasteiger partial charge in [-0.2, -0.15) is 0 Å². The summed E-state index contributed by atoms with van der Waals surface area (Å²) in [6.07, 6.45) is 3.12. The molecule has 0 atom stereocenters. The van der Waals surface area contributed by atoms with Gasteiger partial charge >= 0.3 is 0 Å². The molecule has 2 N–H and O–H groups in total. The Hall–Kier alpha value is -1.77. The van der Waals surface area contributed by atoms with E-state index < -0.39 is 0 Å². The number of allylic oxidation sites excluding steroid dienone is 1. The smallest absolute Gasteiger partial charge is 0.142 e. The van der Waals surface area contributed by atoms with Gasteiger partial charge in [0.2, 0.25) is 0 Å². The Labute approximate surface area is 69.6 Å². The average Bonchev–Trinajstić information content (AvgIpc) is 2.04. The number of benzene rings is 1. The van der Waals surface area contributed by atoms with Crippen molar-refractivity contribution in [2.45, 2.75) is 0 Å². The number of carbonyl (C=O) groups excluding carboxylic acids is 1. The summed E-state index contributed by atoms with van der Waals surface area (Å²) >= 11 is 0. The van der Waals surface area contributed by atoms with E-state index in [1.54, 1.807) is 0 Å². The van der Waals surface area contributed by atoms with Crippen LogP contribution in [0.25, 0.3) is 6.08 Å². The molecule has 0 aliphatic heterocycles. The lowest BCUT2D eigenvalue weighted by Crippen LogP contribution is -1.75. The number of carbonyl (C=O) groups is 1. The number of aldehydes is 1. The lowest BCUT2D eigenvalue weighted by atomic mass is 10.1. The number of hydrogen-bond acceptors (Lipinski definition) is 3. The van der Waals surface area contributed by atoms with E-state index >= 15 is 0 Å². The van der Waals surface area contributed by atoms with E-state index in [1.807, 2.05) is 0 Å². The molecule has 0 saturated heterocycles. The first-order chi connectivity index (χ1) is 5.75. The van der Waals surface area contributed by atoms with Gasteiger partial charge in [0.05, 0.1) is 5.56 Å². The van der Waals surface area contributed by atoms with Gasteiger partial charge in [-0.25, -0.2) is 0 Å². The number of hydrogen-bond donors (Lipinski definition) is 2. The molecule has 12 heavy (non-hydrogen) atoms. The Balaban J connectivity index is 3.12. The van der Waals surface area contributed by atoms with Crippen molar-refractivity contribution in [3.63, 3.8) is 0 Å². The molecule has 0 spiro atoms. The molecule has 0 heterocycles. The molecule has 0 saturated carbocycles. The largest absolute Gasteiger partial charge is 0.507 e. The van der Waals surface area contributed by atoms with Crippen molar-refractivity contribution in [2.24, 2.45) is 0 Å². The molecule has 3 heteroatoms. The van der Waals surface area contributed by atoms with E-state index in [2.05, 4.69) is 0 Å². The number of phenolic OH excluding ortho intramolecular Hbond substituents is 2. The van der Waals surface area contributed by atoms with Crippen LogP contribution in [-0.4, -0.2) is 16.5 Å². The first-order valence-corrected chi connectivity index (χ1v) is 3.38. The molecule has 0 bridgehead atoms. The molecule has 0 fully saturated rings. The van der Waals surface area contributed by atoms with Crippen LogP contribution >= 0.6 is 0 Å². The summed E-state index contributed by atoms with van der Waals surface area (Å²) in [6, 6.07) is 4.39. The quantitative estimate of drug-likeness (QED) is 0.511. The van der Waals surface area contributed by atoms with E-state index in [4.69, 9.17) is 0 Å². The summed E-state index contributed by atoms with van der Waals surface area (Å²) in [6.45, 7) is 0. The summed E-state index contributed by atoms with van der Waals surface area (Å²) in [4.78, 5) is 9.95. The summed E-state index contributed by atoms with van der Waals surface area (Å²) in [5.74, 6) is -0.0961. The van der Waals surface area contributed by atoms with Crippen LogP contribution in [-0.2, 0) is 4.79 Å². The Morgan fingerprint density at radius 1 is 1.17 bits per heavy atom. The zero-order valence-electron chi connectivity index (χ0n) is 6.27. The number of phenols is 2. The molecule has 3 nitrogen and oxygen atoms in total. The Morgan fingerprint density at radius 2 is 1.75 bits per heavy atom. The molecule has 0 aliphatic rings. The highest BCUT2D eigenvalue weighted by Gasteiger charge is 2.01. The molecule has 1 aromatic carbocycles. The number of aromatic hydroxyl groups is 2. The van der Waals surface area contributed by atoms with Crippen molar-refractivity contribution in [3.05, 3.63) is 29.8 Å². The topological polar surface area (TPSA) is 57.5 Å². The lowest BCUT2D eigenvalue weighted by Gasteiger charge is -1.99. The predicted molar refractivity (Wildman–Crippen MR) is 44.9 cm³/mol. The lowest BCUT2D eigenvalue weighted by molar-refractivity contribution is -0.104. The van der Waals surface area contributed by atoms with Gasteiger partial charge < -0.3 is 10.2 Å². The molecular weight excluding hydrogens is 156 g/mol. The highest BCUT2D eigenvalue weighted by Crippen LogP contribution is 2.27. The van der Waals surface area contributed by atoms with Crippen molar-refractivity contribution in [1.82, 2.24) is 0 Å². The first-order valence-electron chi connectivity index (χ1n) is 3.38. The van der Waals surface area contributed by atoms with Crippen LogP contribution in [0, 0.1) is 0 Å². The second-order valence-electron chi connectivity index (χ2n) is 2.21. The molecular formula is C9H8O3. The van der Waals surface area contributed by atoms with E-state index in [0.29, 0.717) is 6.29 Å². The third-order valence-electron chi connectivity index (χ3n) is 1.40. The highest BCUT2D eigenvalue weighted by atomic mass is 16.3. The first kappa shape index (κ1) is 8.33. The zero-order chi connectivity index (χ0) is 8.97. The fourth-order valence-electron chi connectivity index (χ4n) is 0.847. The SMILES string of the molecule is O=CC=Cc1c(O)cccc1O. The van der Waals surface area contributed by atoms with Gasteiger partial charge in [0.25, 0.3) is 0 Å². The predicted octanol–water partition coefficient (Wildman–Crippen LogP) is 1.31. The third-order valence-corrected chi connectivity index (χ3v) is 1.40. The van der Waals surface area contributed by atoms with Crippen LogP contribution in [0.3, 0.4) is 0 Å². The van der Waals surface area contributed by atoms with Crippen LogP contribution in [0.1, 0.15) is 5.56 Å². The summed E-state index contributed by atoms with van der Waals surface area (Å²) in [7, 11) is 0. The van der Waals surface area contributed by atoms with E-state index in [9.17, 15) is 15.0 Å². The molecule has 0 amide bonds. The van der Waals surface area contributed by atoms with Crippen LogP contribution in [0.15, 0.2) is 24.3 Å². The van der Waals surface area contributed by atoms with Gasteiger partial charge in [0.1, 0.15) is 17.8 Å². The van der Waals surface area contributed by atoms with Gasteiger partial charge in [-0.1, -0.05) is 6.07 Å². The van der Waals surface area contributed by atoms with Gasteiger partial charge in [0, 0.05) is 0 Å². The summed E-state index contributed by atoms with van der Waals surface area (Å²) in [5, 5.41) is 18.4. The second kappa shape index (κ2) is 3.57. The van der Waals surface area contributed by atoms with Gasteiger partial charge in [-0.15, -0.1) is 0 Å². The standard InChI is InChI=1S/C9H8O3/c10-6-2-3-7-8(11)4-1-5-9(7)12/h1-6,11-12H. The Morgan fingerprint density at radius 3 is 2.25 bits per heavy atom. The van der Waals surface area contributed by atoms with Crippen molar-refractivity contribution in [3.8, 4) is 11.5 Å². The third kappa shape index (κ3) is 1.63. The molecule has 0 radical (unpaired) electrons. The fraction of sp³-hybridized carbons (Fsp3) is 0. The summed E-state index contributed by atoms with van der Waals surface area (Å²) in [5.41, 5.74) is 0.254. The monoisotopic (exact) mass is 164 g/mol. The van der Waals surface area contributed by atoms with Crippen molar-refractivity contribution in [1.29, 1.82) is 0 Å². The number of rotatable bonds is 2. The Kier molecular flexibility index (Phi) is 2.48. The van der Waals surface area contributed by atoms with Crippen molar-refractivity contribution < 1.29 is 15.0 Å². The van der Waals surface area contributed by atoms with E-state index in [0.717, 1.165) is 0 Å². The average molecular weight is 164 g/mol. The molecule has 1 aromatic rings. The van der Waals surface area contributed by atoms with E-state index in [-0.39, 0.29) is 17.1 Å². The second-order valence-corrected chi connectivity index (χ2v) is 2.21. The van der Waals surface area contributed by atoms with E-state index in [1.165, 1.54) is 30.4 Å². The van der Waals surface area contributed by atoms with Crippen LogP contribution in [0.4, 0.5) is 0 Å². The Bertz CT molecular complexity index is 295. The molecule has 0 aromatic heterocycles.